The first-order chi connectivity index (χ1) is 7.15. The molecule has 1 saturated heterocycles. The van der Waals surface area contributed by atoms with Crippen molar-refractivity contribution in [2.75, 3.05) is 40.3 Å². The van der Waals surface area contributed by atoms with Crippen molar-refractivity contribution in [3.8, 4) is 0 Å². The minimum atomic E-state index is 0. The summed E-state index contributed by atoms with van der Waals surface area (Å²) < 4.78 is 0. The van der Waals surface area contributed by atoms with Crippen LogP contribution in [0.1, 0.15) is 19.8 Å². The van der Waals surface area contributed by atoms with Gasteiger partial charge < -0.3 is 15.1 Å². The second kappa shape index (κ2) is 7.87. The maximum atomic E-state index is 12.0. The van der Waals surface area contributed by atoms with Crippen molar-refractivity contribution >= 4 is 18.3 Å². The molecule has 0 bridgehead atoms. The maximum Gasteiger partial charge on any atom is 0.237 e. The van der Waals surface area contributed by atoms with E-state index >= 15 is 0 Å². The van der Waals surface area contributed by atoms with Gasteiger partial charge in [-0.1, -0.05) is 6.92 Å². The van der Waals surface area contributed by atoms with Crippen LogP contribution in [0.25, 0.3) is 0 Å². The van der Waals surface area contributed by atoms with E-state index in [0.717, 1.165) is 32.5 Å². The van der Waals surface area contributed by atoms with Gasteiger partial charge in [0, 0.05) is 19.1 Å². The number of nitrogens with zero attached hydrogens (tertiary/aromatic N) is 2. The van der Waals surface area contributed by atoms with E-state index in [4.69, 9.17) is 0 Å². The zero-order valence-electron chi connectivity index (χ0n) is 10.5. The highest BCUT2D eigenvalue weighted by molar-refractivity contribution is 5.85. The molecule has 0 aromatic carbocycles. The predicted molar refractivity (Wildman–Crippen MR) is 69.1 cm³/mol. The molecule has 1 rings (SSSR count). The highest BCUT2D eigenvalue weighted by Crippen LogP contribution is 2.09. The van der Waals surface area contributed by atoms with Gasteiger partial charge in [0.15, 0.2) is 0 Å². The second-order valence-corrected chi connectivity index (χ2v) is 4.47. The number of nitrogens with one attached hydrogen (secondary N) is 1. The summed E-state index contributed by atoms with van der Waals surface area (Å²) in [5.41, 5.74) is 0. The topological polar surface area (TPSA) is 35.6 Å². The van der Waals surface area contributed by atoms with Gasteiger partial charge in [-0.2, -0.15) is 0 Å². The van der Waals surface area contributed by atoms with Gasteiger partial charge in [-0.15, -0.1) is 12.4 Å². The molecule has 0 saturated carbocycles. The largest absolute Gasteiger partial charge is 0.337 e. The van der Waals surface area contributed by atoms with Gasteiger partial charge in [0.05, 0.1) is 6.54 Å². The Kier molecular flexibility index (Phi) is 7.72. The lowest BCUT2D eigenvalue weighted by Crippen LogP contribution is -2.45. The van der Waals surface area contributed by atoms with Crippen molar-refractivity contribution in [2.24, 2.45) is 0 Å². The number of carbonyl (C=O) groups is 1. The Morgan fingerprint density at radius 2 is 2.12 bits per heavy atom. The molecule has 1 unspecified atom stereocenters. The molecular formula is C11H24ClN3O. The van der Waals surface area contributed by atoms with Crippen LogP contribution >= 0.6 is 12.4 Å². The lowest BCUT2D eigenvalue weighted by molar-refractivity contribution is -0.133. The number of hydrogen-bond donors (Lipinski definition) is 1. The van der Waals surface area contributed by atoms with Crippen LogP contribution in [0, 0.1) is 0 Å². The van der Waals surface area contributed by atoms with E-state index < -0.39 is 0 Å². The van der Waals surface area contributed by atoms with Crippen molar-refractivity contribution in [1.82, 2.24) is 15.1 Å². The van der Waals surface area contributed by atoms with Crippen molar-refractivity contribution < 1.29 is 4.79 Å². The number of likely N-dealkylation sites (N-methyl/N-ethyl adjacent to an activating group) is 1. The Labute approximate surface area is 105 Å². The summed E-state index contributed by atoms with van der Waals surface area (Å²) in [4.78, 5) is 16.0. The third kappa shape index (κ3) is 4.68. The van der Waals surface area contributed by atoms with Crippen molar-refractivity contribution in [3.63, 3.8) is 0 Å². The van der Waals surface area contributed by atoms with Gasteiger partial charge in [0.2, 0.25) is 5.91 Å². The fraction of sp³-hybridized carbons (Fsp3) is 0.909. The molecular weight excluding hydrogens is 226 g/mol. The summed E-state index contributed by atoms with van der Waals surface area (Å²) in [5, 5.41) is 3.31. The van der Waals surface area contributed by atoms with Crippen LogP contribution in [0.2, 0.25) is 0 Å². The summed E-state index contributed by atoms with van der Waals surface area (Å²) in [7, 11) is 3.88. The molecule has 1 amide bonds. The summed E-state index contributed by atoms with van der Waals surface area (Å²) in [5.74, 6) is 0.260. The summed E-state index contributed by atoms with van der Waals surface area (Å²) >= 11 is 0. The fourth-order valence-corrected chi connectivity index (χ4v) is 2.02. The standard InChI is InChI=1S/C11H23N3O.ClH/c1-4-7-14(10-5-6-12-8-10)11(15)9-13(2)3;/h10,12H,4-9H2,1-3H3;1H. The summed E-state index contributed by atoms with van der Waals surface area (Å²) in [6, 6.07) is 0.414. The Bertz CT molecular complexity index is 205. The SMILES string of the molecule is CCCN(C(=O)CN(C)C)C1CCNC1.Cl. The summed E-state index contributed by atoms with van der Waals surface area (Å²) in [6.45, 7) is 5.53. The van der Waals surface area contributed by atoms with Gasteiger partial charge >= 0.3 is 0 Å². The first-order valence-corrected chi connectivity index (χ1v) is 5.80. The van der Waals surface area contributed by atoms with Gasteiger partial charge in [0.25, 0.3) is 0 Å². The van der Waals surface area contributed by atoms with Gasteiger partial charge in [0.1, 0.15) is 0 Å². The zero-order chi connectivity index (χ0) is 11.3. The Morgan fingerprint density at radius 3 is 2.56 bits per heavy atom. The molecule has 1 fully saturated rings. The van der Waals surface area contributed by atoms with E-state index in [9.17, 15) is 4.79 Å². The molecule has 0 aromatic rings. The molecule has 0 spiro atoms. The number of hydrogen-bond acceptors (Lipinski definition) is 3. The zero-order valence-corrected chi connectivity index (χ0v) is 11.3. The quantitative estimate of drug-likeness (QED) is 0.774. The highest BCUT2D eigenvalue weighted by Gasteiger charge is 2.25. The first kappa shape index (κ1) is 15.7. The molecule has 1 N–H and O–H groups in total. The molecule has 0 radical (unpaired) electrons. The van der Waals surface area contributed by atoms with Crippen LogP contribution in [0.15, 0.2) is 0 Å². The lowest BCUT2D eigenvalue weighted by atomic mass is 10.2. The van der Waals surface area contributed by atoms with E-state index in [1.807, 2.05) is 23.9 Å². The molecule has 1 aliphatic rings. The van der Waals surface area contributed by atoms with Crippen molar-refractivity contribution in [2.45, 2.75) is 25.8 Å². The maximum absolute atomic E-state index is 12.0. The molecule has 16 heavy (non-hydrogen) atoms. The van der Waals surface area contributed by atoms with Crippen LogP contribution in [0.5, 0.6) is 0 Å². The predicted octanol–water partition coefficient (Wildman–Crippen LogP) is 0.570. The third-order valence-electron chi connectivity index (χ3n) is 2.71. The smallest absolute Gasteiger partial charge is 0.237 e. The molecule has 1 aliphatic heterocycles. The van der Waals surface area contributed by atoms with Crippen molar-refractivity contribution in [3.05, 3.63) is 0 Å². The van der Waals surface area contributed by atoms with Crippen LogP contribution in [-0.4, -0.2) is 62.0 Å². The average Bonchev–Trinajstić information content (AvgIpc) is 2.65. The number of carbonyl (C=O) groups excluding carboxylic acids is 1. The molecule has 1 atom stereocenters. The van der Waals surface area contributed by atoms with E-state index in [0.29, 0.717) is 12.6 Å². The van der Waals surface area contributed by atoms with Crippen LogP contribution in [0.3, 0.4) is 0 Å². The van der Waals surface area contributed by atoms with Gasteiger partial charge in [-0.05, 0) is 33.5 Å². The van der Waals surface area contributed by atoms with Crippen LogP contribution in [0.4, 0.5) is 0 Å². The normalized spacial score (nSPS) is 19.6. The van der Waals surface area contributed by atoms with E-state index in [2.05, 4.69) is 12.2 Å². The molecule has 0 aliphatic carbocycles. The Morgan fingerprint density at radius 1 is 1.44 bits per heavy atom. The Hall–Kier alpha value is -0.320. The molecule has 5 heteroatoms. The Balaban J connectivity index is 0.00000225. The van der Waals surface area contributed by atoms with E-state index in [-0.39, 0.29) is 18.3 Å². The number of rotatable bonds is 5. The minimum Gasteiger partial charge on any atom is -0.337 e. The molecule has 4 nitrogen and oxygen atoms in total. The molecule has 1 heterocycles. The molecule has 96 valence electrons. The van der Waals surface area contributed by atoms with Crippen LogP contribution in [-0.2, 0) is 4.79 Å². The average molecular weight is 250 g/mol. The second-order valence-electron chi connectivity index (χ2n) is 4.47. The van der Waals surface area contributed by atoms with Gasteiger partial charge in [-0.3, -0.25) is 4.79 Å². The fourth-order valence-electron chi connectivity index (χ4n) is 2.02. The summed E-state index contributed by atoms with van der Waals surface area (Å²) in [6.07, 6.45) is 2.13. The lowest BCUT2D eigenvalue weighted by Gasteiger charge is -2.29. The number of amides is 1. The van der Waals surface area contributed by atoms with E-state index in [1.54, 1.807) is 0 Å². The number of halogens is 1. The first-order valence-electron chi connectivity index (χ1n) is 5.80. The monoisotopic (exact) mass is 249 g/mol. The van der Waals surface area contributed by atoms with E-state index in [1.165, 1.54) is 0 Å². The molecule has 0 aromatic heterocycles. The van der Waals surface area contributed by atoms with Gasteiger partial charge in [-0.25, -0.2) is 0 Å². The van der Waals surface area contributed by atoms with Crippen molar-refractivity contribution in [1.29, 1.82) is 0 Å². The van der Waals surface area contributed by atoms with Crippen LogP contribution < -0.4 is 5.32 Å². The third-order valence-corrected chi connectivity index (χ3v) is 2.71. The highest BCUT2D eigenvalue weighted by atomic mass is 35.5. The minimum absolute atomic E-state index is 0.